The van der Waals surface area contributed by atoms with Crippen molar-refractivity contribution in [1.82, 2.24) is 9.97 Å². The lowest BCUT2D eigenvalue weighted by molar-refractivity contribution is -0.135. The van der Waals surface area contributed by atoms with Crippen LogP contribution in [0.4, 0.5) is 24.8 Å². The van der Waals surface area contributed by atoms with Gasteiger partial charge >= 0.3 is 6.18 Å². The standard InChI is InChI=1S/C13H21F3N4/c1-9(2)12-19-10(17-3)8-11(20-12)18-7-5-4-6-13(14,15)16/h8-9H,4-7H2,1-3H3,(H2,17,18,19,20). The van der Waals surface area contributed by atoms with Crippen LogP contribution >= 0.6 is 0 Å². The normalized spacial score (nSPS) is 11.8. The third kappa shape index (κ3) is 6.08. The van der Waals surface area contributed by atoms with E-state index in [4.69, 9.17) is 0 Å². The van der Waals surface area contributed by atoms with Crippen molar-refractivity contribution in [3.63, 3.8) is 0 Å². The molecule has 0 bridgehead atoms. The molecule has 1 aromatic heterocycles. The molecule has 1 heterocycles. The van der Waals surface area contributed by atoms with Gasteiger partial charge in [0.05, 0.1) is 0 Å². The largest absolute Gasteiger partial charge is 0.389 e. The molecule has 7 heteroatoms. The number of aromatic nitrogens is 2. The SMILES string of the molecule is CNc1cc(NCCCCC(F)(F)F)nc(C(C)C)n1. The zero-order chi connectivity index (χ0) is 15.2. The average Bonchev–Trinajstić information content (AvgIpc) is 2.36. The van der Waals surface area contributed by atoms with Crippen LogP contribution < -0.4 is 10.6 Å². The maximum atomic E-state index is 12.0. The molecule has 20 heavy (non-hydrogen) atoms. The van der Waals surface area contributed by atoms with Crippen molar-refractivity contribution in [2.24, 2.45) is 0 Å². The molecule has 1 aromatic rings. The van der Waals surface area contributed by atoms with E-state index in [-0.39, 0.29) is 12.3 Å². The third-order valence-corrected chi connectivity index (χ3v) is 2.71. The molecule has 0 amide bonds. The van der Waals surface area contributed by atoms with Crippen LogP contribution in [-0.2, 0) is 0 Å². The Bertz CT molecular complexity index is 419. The number of hydrogen-bond acceptors (Lipinski definition) is 4. The zero-order valence-electron chi connectivity index (χ0n) is 12.0. The number of nitrogens with one attached hydrogen (secondary N) is 2. The maximum absolute atomic E-state index is 12.0. The van der Waals surface area contributed by atoms with Crippen LogP contribution in [-0.4, -0.2) is 29.7 Å². The van der Waals surface area contributed by atoms with E-state index in [9.17, 15) is 13.2 Å². The summed E-state index contributed by atoms with van der Waals surface area (Å²) in [5, 5.41) is 5.99. The molecular weight excluding hydrogens is 269 g/mol. The Balaban J connectivity index is 2.49. The van der Waals surface area contributed by atoms with Gasteiger partial charge in [0.15, 0.2) is 0 Å². The monoisotopic (exact) mass is 290 g/mol. The van der Waals surface area contributed by atoms with Gasteiger partial charge in [-0.3, -0.25) is 0 Å². The Morgan fingerprint density at radius 3 is 2.35 bits per heavy atom. The molecule has 0 unspecified atom stereocenters. The summed E-state index contributed by atoms with van der Waals surface area (Å²) in [7, 11) is 1.76. The Morgan fingerprint density at radius 1 is 1.15 bits per heavy atom. The van der Waals surface area contributed by atoms with E-state index in [1.54, 1.807) is 13.1 Å². The lowest BCUT2D eigenvalue weighted by atomic mass is 10.2. The van der Waals surface area contributed by atoms with Gasteiger partial charge in [-0.15, -0.1) is 0 Å². The Morgan fingerprint density at radius 2 is 1.80 bits per heavy atom. The molecule has 0 spiro atoms. The minimum atomic E-state index is -4.07. The topological polar surface area (TPSA) is 49.8 Å². The zero-order valence-corrected chi connectivity index (χ0v) is 12.0. The molecule has 0 radical (unpaired) electrons. The van der Waals surface area contributed by atoms with Crippen LogP contribution in [0.25, 0.3) is 0 Å². The Hall–Kier alpha value is -1.53. The highest BCUT2D eigenvalue weighted by atomic mass is 19.4. The fraction of sp³-hybridized carbons (Fsp3) is 0.692. The summed E-state index contributed by atoms with van der Waals surface area (Å²) in [6.45, 7) is 4.44. The smallest absolute Gasteiger partial charge is 0.373 e. The molecule has 0 atom stereocenters. The molecule has 0 aliphatic carbocycles. The lowest BCUT2D eigenvalue weighted by Crippen LogP contribution is -2.10. The third-order valence-electron chi connectivity index (χ3n) is 2.71. The molecule has 2 N–H and O–H groups in total. The van der Waals surface area contributed by atoms with E-state index in [0.29, 0.717) is 30.4 Å². The molecule has 0 saturated heterocycles. The fourth-order valence-corrected chi connectivity index (χ4v) is 1.61. The predicted octanol–water partition coefficient (Wildman–Crippen LogP) is 3.79. The highest BCUT2D eigenvalue weighted by molar-refractivity contribution is 5.47. The second kappa shape index (κ2) is 7.31. The van der Waals surface area contributed by atoms with Crippen molar-refractivity contribution < 1.29 is 13.2 Å². The van der Waals surface area contributed by atoms with Crippen molar-refractivity contribution in [3.8, 4) is 0 Å². The second-order valence-electron chi connectivity index (χ2n) is 4.90. The summed E-state index contributed by atoms with van der Waals surface area (Å²) in [6.07, 6.45) is -4.23. The number of anilines is 2. The van der Waals surface area contributed by atoms with E-state index in [1.807, 2.05) is 13.8 Å². The van der Waals surface area contributed by atoms with Gasteiger partial charge in [-0.1, -0.05) is 13.8 Å². The van der Waals surface area contributed by atoms with Crippen molar-refractivity contribution in [3.05, 3.63) is 11.9 Å². The van der Waals surface area contributed by atoms with Gasteiger partial charge < -0.3 is 10.6 Å². The quantitative estimate of drug-likeness (QED) is 0.750. The maximum Gasteiger partial charge on any atom is 0.389 e. The molecule has 1 rings (SSSR count). The van der Waals surface area contributed by atoms with Crippen LogP contribution in [0.2, 0.25) is 0 Å². The highest BCUT2D eigenvalue weighted by Crippen LogP contribution is 2.22. The summed E-state index contributed by atoms with van der Waals surface area (Å²) in [5.41, 5.74) is 0. The van der Waals surface area contributed by atoms with Gasteiger partial charge in [-0.2, -0.15) is 13.2 Å². The van der Waals surface area contributed by atoms with Crippen molar-refractivity contribution in [1.29, 1.82) is 0 Å². The number of unbranched alkanes of at least 4 members (excludes halogenated alkanes) is 1. The number of alkyl halides is 3. The first-order valence-electron chi connectivity index (χ1n) is 6.69. The summed E-state index contributed by atoms with van der Waals surface area (Å²) < 4.78 is 36.0. The van der Waals surface area contributed by atoms with Crippen LogP contribution in [0, 0.1) is 0 Å². The van der Waals surface area contributed by atoms with E-state index >= 15 is 0 Å². The molecular formula is C13H21F3N4. The predicted molar refractivity (Wildman–Crippen MR) is 74.1 cm³/mol. The first-order chi connectivity index (χ1) is 9.31. The van der Waals surface area contributed by atoms with Gasteiger partial charge in [0.25, 0.3) is 0 Å². The summed E-state index contributed by atoms with van der Waals surface area (Å²) in [6, 6.07) is 1.75. The van der Waals surface area contributed by atoms with Crippen LogP contribution in [0.3, 0.4) is 0 Å². The van der Waals surface area contributed by atoms with Crippen molar-refractivity contribution in [2.75, 3.05) is 24.2 Å². The van der Waals surface area contributed by atoms with Gasteiger partial charge in [0, 0.05) is 32.0 Å². The number of rotatable bonds is 7. The Labute approximate surface area is 117 Å². The first-order valence-corrected chi connectivity index (χ1v) is 6.69. The van der Waals surface area contributed by atoms with Gasteiger partial charge in [-0.25, -0.2) is 9.97 Å². The number of halogens is 3. The Kier molecular flexibility index (Phi) is 6.04. The van der Waals surface area contributed by atoms with Gasteiger partial charge in [0.2, 0.25) is 0 Å². The van der Waals surface area contributed by atoms with Crippen LogP contribution in [0.1, 0.15) is 44.9 Å². The summed E-state index contributed by atoms with van der Waals surface area (Å²) in [5.74, 6) is 2.23. The van der Waals surface area contributed by atoms with Crippen molar-refractivity contribution >= 4 is 11.6 Å². The molecule has 0 aliphatic heterocycles. The molecule has 0 aromatic carbocycles. The minimum Gasteiger partial charge on any atom is -0.373 e. The molecule has 0 aliphatic rings. The molecule has 4 nitrogen and oxygen atoms in total. The summed E-state index contributed by atoms with van der Waals surface area (Å²) >= 11 is 0. The lowest BCUT2D eigenvalue weighted by Gasteiger charge is -2.11. The highest BCUT2D eigenvalue weighted by Gasteiger charge is 2.25. The number of nitrogens with zero attached hydrogens (tertiary/aromatic N) is 2. The van der Waals surface area contributed by atoms with Gasteiger partial charge in [0.1, 0.15) is 17.5 Å². The molecule has 114 valence electrons. The van der Waals surface area contributed by atoms with Crippen LogP contribution in [0.5, 0.6) is 0 Å². The number of hydrogen-bond donors (Lipinski definition) is 2. The van der Waals surface area contributed by atoms with E-state index in [0.717, 1.165) is 0 Å². The van der Waals surface area contributed by atoms with Crippen LogP contribution in [0.15, 0.2) is 6.07 Å². The van der Waals surface area contributed by atoms with E-state index < -0.39 is 12.6 Å². The second-order valence-corrected chi connectivity index (χ2v) is 4.90. The fourth-order valence-electron chi connectivity index (χ4n) is 1.61. The molecule has 0 fully saturated rings. The minimum absolute atomic E-state index is 0.123. The van der Waals surface area contributed by atoms with Crippen molar-refractivity contribution in [2.45, 2.75) is 45.2 Å². The van der Waals surface area contributed by atoms with E-state index in [1.165, 1.54) is 0 Å². The average molecular weight is 290 g/mol. The van der Waals surface area contributed by atoms with E-state index in [2.05, 4.69) is 20.6 Å². The first kappa shape index (κ1) is 16.5. The summed E-state index contributed by atoms with van der Waals surface area (Å²) in [4.78, 5) is 8.66. The molecule has 0 saturated carbocycles. The van der Waals surface area contributed by atoms with Gasteiger partial charge in [-0.05, 0) is 12.8 Å².